The van der Waals surface area contributed by atoms with Gasteiger partial charge in [-0.05, 0) is 12.8 Å². The van der Waals surface area contributed by atoms with E-state index in [0.29, 0.717) is 0 Å². The summed E-state index contributed by atoms with van der Waals surface area (Å²) >= 11 is 0. The first-order valence-corrected chi connectivity index (χ1v) is 10.4. The van der Waals surface area contributed by atoms with Gasteiger partial charge in [-0.25, -0.2) is 0 Å². The van der Waals surface area contributed by atoms with Crippen LogP contribution in [-0.2, 0) is 0 Å². The number of allylic oxidation sites excluding steroid dienone is 1. The molecular weight excluding hydrogens is 220 g/mol. The van der Waals surface area contributed by atoms with Crippen molar-refractivity contribution >= 4 is 8.80 Å². The number of hydrogen-bond acceptors (Lipinski definition) is 0. The van der Waals surface area contributed by atoms with Gasteiger partial charge in [0.2, 0.25) is 0 Å². The van der Waals surface area contributed by atoms with Crippen molar-refractivity contribution in [3.05, 3.63) is 12.7 Å². The molecule has 0 unspecified atom stereocenters. The van der Waals surface area contributed by atoms with Gasteiger partial charge in [0, 0.05) is 8.80 Å². The van der Waals surface area contributed by atoms with E-state index in [2.05, 4.69) is 19.7 Å². The Balaban J connectivity index is 2.91. The fourth-order valence-corrected chi connectivity index (χ4v) is 3.14. The normalized spacial score (nSPS) is 11.0. The first kappa shape index (κ1) is 17.0. The lowest BCUT2D eigenvalue weighted by Gasteiger charge is -2.03. The lowest BCUT2D eigenvalue weighted by molar-refractivity contribution is 0.557. The molecule has 0 amide bonds. The Morgan fingerprint density at radius 2 is 1.12 bits per heavy atom. The van der Waals surface area contributed by atoms with Crippen LogP contribution >= 0.6 is 0 Å². The van der Waals surface area contributed by atoms with Gasteiger partial charge in [-0.15, -0.1) is 6.58 Å². The van der Waals surface area contributed by atoms with Crippen LogP contribution in [0.25, 0.3) is 0 Å². The molecule has 0 N–H and O–H groups in total. The third-order valence-electron chi connectivity index (χ3n) is 3.34. The van der Waals surface area contributed by atoms with E-state index in [0.717, 1.165) is 0 Å². The van der Waals surface area contributed by atoms with Crippen molar-refractivity contribution in [2.24, 2.45) is 0 Å². The highest BCUT2D eigenvalue weighted by atomic mass is 28.3. The van der Waals surface area contributed by atoms with Crippen LogP contribution in [0.1, 0.15) is 70.6 Å². The molecule has 0 atom stereocenters. The average molecular weight is 254 g/mol. The predicted octanol–water partition coefficient (Wildman–Crippen LogP) is 6.22. The maximum absolute atomic E-state index is 3.76. The SMILES string of the molecule is C=CCCCCCCCCCCCC[Si](C)C. The summed E-state index contributed by atoms with van der Waals surface area (Å²) in [5, 5.41) is 0. The van der Waals surface area contributed by atoms with Gasteiger partial charge >= 0.3 is 0 Å². The molecule has 1 heteroatoms. The Kier molecular flexibility index (Phi) is 14.0. The molecule has 0 rings (SSSR count). The molecule has 0 aromatic rings. The predicted molar refractivity (Wildman–Crippen MR) is 83.3 cm³/mol. The summed E-state index contributed by atoms with van der Waals surface area (Å²) in [6.07, 6.45) is 17.7. The fraction of sp³-hybridized carbons (Fsp3) is 0.875. The highest BCUT2D eigenvalue weighted by Gasteiger charge is 1.96. The molecule has 0 spiro atoms. The van der Waals surface area contributed by atoms with Crippen LogP contribution in [0.4, 0.5) is 0 Å². The fourth-order valence-electron chi connectivity index (χ4n) is 2.18. The zero-order valence-corrected chi connectivity index (χ0v) is 13.3. The Bertz CT molecular complexity index is 152. The third-order valence-corrected chi connectivity index (χ3v) is 4.69. The van der Waals surface area contributed by atoms with Crippen LogP contribution in [0.5, 0.6) is 0 Å². The monoisotopic (exact) mass is 253 g/mol. The second-order valence-corrected chi connectivity index (χ2v) is 8.48. The minimum absolute atomic E-state index is 0.0465. The minimum Gasteiger partial charge on any atom is -0.103 e. The van der Waals surface area contributed by atoms with Crippen LogP contribution in [0.2, 0.25) is 19.1 Å². The molecule has 0 aliphatic heterocycles. The van der Waals surface area contributed by atoms with Crippen LogP contribution in [0.15, 0.2) is 12.7 Å². The van der Waals surface area contributed by atoms with E-state index in [1.807, 2.05) is 6.08 Å². The van der Waals surface area contributed by atoms with Gasteiger partial charge in [0.15, 0.2) is 0 Å². The van der Waals surface area contributed by atoms with E-state index >= 15 is 0 Å². The molecule has 0 nitrogen and oxygen atoms in total. The van der Waals surface area contributed by atoms with Crippen LogP contribution in [0, 0.1) is 0 Å². The molecule has 1 radical (unpaired) electrons. The van der Waals surface area contributed by atoms with Crippen molar-refractivity contribution in [2.75, 3.05) is 0 Å². The van der Waals surface area contributed by atoms with Gasteiger partial charge in [-0.1, -0.05) is 83.0 Å². The smallest absolute Gasteiger partial charge is 0.0412 e. The van der Waals surface area contributed by atoms with E-state index < -0.39 is 0 Å². The molecular formula is C16H33Si. The second kappa shape index (κ2) is 14.0. The lowest BCUT2D eigenvalue weighted by atomic mass is 10.1. The first-order valence-electron chi connectivity index (χ1n) is 7.67. The highest BCUT2D eigenvalue weighted by molar-refractivity contribution is 6.55. The number of rotatable bonds is 13. The summed E-state index contributed by atoms with van der Waals surface area (Å²) in [5.41, 5.74) is 0. The second-order valence-electron chi connectivity index (χ2n) is 5.57. The molecule has 0 saturated heterocycles. The molecule has 0 aliphatic rings. The van der Waals surface area contributed by atoms with Crippen molar-refractivity contribution in [1.29, 1.82) is 0 Å². The van der Waals surface area contributed by atoms with E-state index in [-0.39, 0.29) is 8.80 Å². The molecule has 17 heavy (non-hydrogen) atoms. The average Bonchev–Trinajstić information content (AvgIpc) is 2.30. The molecule has 0 saturated carbocycles. The summed E-state index contributed by atoms with van der Waals surface area (Å²) in [6.45, 7) is 8.61. The summed E-state index contributed by atoms with van der Waals surface area (Å²) in [5.74, 6) is 0. The molecule has 0 aromatic heterocycles. The maximum Gasteiger partial charge on any atom is 0.0412 e. The van der Waals surface area contributed by atoms with Gasteiger partial charge in [-0.3, -0.25) is 0 Å². The highest BCUT2D eigenvalue weighted by Crippen LogP contribution is 2.12. The number of hydrogen-bond donors (Lipinski definition) is 0. The van der Waals surface area contributed by atoms with Gasteiger partial charge in [0.05, 0.1) is 0 Å². The van der Waals surface area contributed by atoms with E-state index in [1.165, 1.54) is 76.7 Å². The van der Waals surface area contributed by atoms with Gasteiger partial charge in [0.1, 0.15) is 0 Å². The van der Waals surface area contributed by atoms with Crippen molar-refractivity contribution < 1.29 is 0 Å². The minimum atomic E-state index is 0.0465. The van der Waals surface area contributed by atoms with E-state index in [1.54, 1.807) is 0 Å². The standard InChI is InChI=1S/C16H33Si/c1-4-5-6-7-8-9-10-11-12-13-14-15-16-17(2)3/h4H,1,5-16H2,2-3H3. The van der Waals surface area contributed by atoms with Crippen molar-refractivity contribution in [1.82, 2.24) is 0 Å². The number of unbranched alkanes of at least 4 members (excludes halogenated alkanes) is 10. The van der Waals surface area contributed by atoms with Crippen LogP contribution in [0.3, 0.4) is 0 Å². The molecule has 0 bridgehead atoms. The summed E-state index contributed by atoms with van der Waals surface area (Å²) < 4.78 is 0. The van der Waals surface area contributed by atoms with Crippen LogP contribution in [-0.4, -0.2) is 8.80 Å². The zero-order valence-electron chi connectivity index (χ0n) is 12.3. The lowest BCUT2D eigenvalue weighted by Crippen LogP contribution is -1.97. The van der Waals surface area contributed by atoms with Gasteiger partial charge < -0.3 is 0 Å². The molecule has 0 aromatic carbocycles. The summed E-state index contributed by atoms with van der Waals surface area (Å²) in [6, 6.07) is 1.52. The molecule has 0 fully saturated rings. The zero-order chi connectivity index (χ0) is 12.8. The Hall–Kier alpha value is -0.0431. The van der Waals surface area contributed by atoms with Crippen molar-refractivity contribution in [2.45, 2.75) is 89.8 Å². The third kappa shape index (κ3) is 16.0. The molecule has 0 heterocycles. The van der Waals surface area contributed by atoms with E-state index in [9.17, 15) is 0 Å². The summed E-state index contributed by atoms with van der Waals surface area (Å²) in [7, 11) is 0.0465. The molecule has 101 valence electrons. The first-order chi connectivity index (χ1) is 8.27. The van der Waals surface area contributed by atoms with Gasteiger partial charge in [-0.2, -0.15) is 0 Å². The van der Waals surface area contributed by atoms with Crippen molar-refractivity contribution in [3.63, 3.8) is 0 Å². The van der Waals surface area contributed by atoms with Crippen LogP contribution < -0.4 is 0 Å². The topological polar surface area (TPSA) is 0 Å². The Labute approximate surface area is 112 Å². The van der Waals surface area contributed by atoms with Gasteiger partial charge in [0.25, 0.3) is 0 Å². The van der Waals surface area contributed by atoms with Crippen molar-refractivity contribution in [3.8, 4) is 0 Å². The summed E-state index contributed by atoms with van der Waals surface area (Å²) in [4.78, 5) is 0. The van der Waals surface area contributed by atoms with E-state index in [4.69, 9.17) is 0 Å². The largest absolute Gasteiger partial charge is 0.103 e. The Morgan fingerprint density at radius 3 is 1.53 bits per heavy atom. The molecule has 0 aliphatic carbocycles. The quantitative estimate of drug-likeness (QED) is 0.208. The maximum atomic E-state index is 3.76. The Morgan fingerprint density at radius 1 is 0.706 bits per heavy atom.